The molecule has 1 aliphatic rings. The number of hydrogen-bond acceptors (Lipinski definition) is 4. The van der Waals surface area contributed by atoms with Crippen LogP contribution >= 0.6 is 0 Å². The zero-order valence-electron chi connectivity index (χ0n) is 11.0. The molecule has 1 N–H and O–H groups in total. The Hall–Kier alpha value is -2.49. The minimum atomic E-state index is 0.592. The van der Waals surface area contributed by atoms with Gasteiger partial charge in [0.25, 0.3) is 0 Å². The Morgan fingerprint density at radius 1 is 0.950 bits per heavy atom. The molecule has 2 aromatic heterocycles. The predicted molar refractivity (Wildman–Crippen MR) is 79.4 cm³/mol. The highest BCUT2D eigenvalue weighted by atomic mass is 15.2. The summed E-state index contributed by atoms with van der Waals surface area (Å²) in [4.78, 5) is 4.45. The van der Waals surface area contributed by atoms with Crippen LogP contribution in [0, 0.1) is 0 Å². The predicted octanol–water partition coefficient (Wildman–Crippen LogP) is 3.27. The molecule has 4 heteroatoms. The maximum Gasteiger partial charge on any atom is 0.148 e. The van der Waals surface area contributed by atoms with Gasteiger partial charge in [-0.1, -0.05) is 24.3 Å². The number of rotatable bonds is 3. The molecule has 1 aromatic carbocycles. The first-order chi connectivity index (χ1) is 9.90. The van der Waals surface area contributed by atoms with Gasteiger partial charge in [0.05, 0.1) is 11.2 Å². The number of aromatic nitrogens is 3. The summed E-state index contributed by atoms with van der Waals surface area (Å²) in [6, 6.07) is 14.7. The van der Waals surface area contributed by atoms with Crippen molar-refractivity contribution in [3.05, 3.63) is 48.7 Å². The standard InChI is InChI=1S/C16H14N4/c1-3-11-4-2-10-17-16(11)13(5-1)14-8-9-15(20-19-14)18-12-6-7-12/h1-5,8-10,12H,6-7H2,(H,18,20). The van der Waals surface area contributed by atoms with Crippen molar-refractivity contribution < 1.29 is 0 Å². The average molecular weight is 262 g/mol. The molecule has 1 aliphatic carbocycles. The molecule has 3 aromatic rings. The lowest BCUT2D eigenvalue weighted by atomic mass is 10.1. The molecule has 0 radical (unpaired) electrons. The van der Waals surface area contributed by atoms with E-state index in [0.29, 0.717) is 6.04 Å². The Morgan fingerprint density at radius 2 is 1.85 bits per heavy atom. The van der Waals surface area contributed by atoms with Gasteiger partial charge < -0.3 is 5.32 Å². The first-order valence-electron chi connectivity index (χ1n) is 6.84. The van der Waals surface area contributed by atoms with Crippen LogP contribution in [0.1, 0.15) is 12.8 Å². The highest BCUT2D eigenvalue weighted by Gasteiger charge is 2.21. The maximum absolute atomic E-state index is 4.45. The third-order valence-corrected chi connectivity index (χ3v) is 3.50. The van der Waals surface area contributed by atoms with Crippen LogP contribution in [0.15, 0.2) is 48.7 Å². The van der Waals surface area contributed by atoms with Gasteiger partial charge in [-0.05, 0) is 31.0 Å². The van der Waals surface area contributed by atoms with Crippen LogP contribution < -0.4 is 5.32 Å². The maximum atomic E-state index is 4.45. The fourth-order valence-electron chi connectivity index (χ4n) is 2.30. The van der Waals surface area contributed by atoms with E-state index in [0.717, 1.165) is 28.0 Å². The van der Waals surface area contributed by atoms with E-state index >= 15 is 0 Å². The van der Waals surface area contributed by atoms with E-state index in [9.17, 15) is 0 Å². The topological polar surface area (TPSA) is 50.7 Å². The molecule has 0 amide bonds. The number of hydrogen-bond donors (Lipinski definition) is 1. The first-order valence-corrected chi connectivity index (χ1v) is 6.84. The average Bonchev–Trinajstić information content (AvgIpc) is 3.32. The van der Waals surface area contributed by atoms with Crippen molar-refractivity contribution >= 4 is 16.7 Å². The molecule has 0 saturated heterocycles. The molecule has 0 aliphatic heterocycles. The molecule has 0 bridgehead atoms. The van der Waals surface area contributed by atoms with Gasteiger partial charge in [0, 0.05) is 23.2 Å². The van der Waals surface area contributed by atoms with Gasteiger partial charge in [0.2, 0.25) is 0 Å². The fourth-order valence-corrected chi connectivity index (χ4v) is 2.30. The summed E-state index contributed by atoms with van der Waals surface area (Å²) < 4.78 is 0. The van der Waals surface area contributed by atoms with Crippen LogP contribution in [0.2, 0.25) is 0 Å². The SMILES string of the molecule is c1cnc2c(-c3ccc(NC4CC4)nn3)cccc2c1. The van der Waals surface area contributed by atoms with Crippen LogP contribution in [-0.2, 0) is 0 Å². The van der Waals surface area contributed by atoms with Crippen LogP contribution in [0.5, 0.6) is 0 Å². The monoisotopic (exact) mass is 262 g/mol. The zero-order valence-corrected chi connectivity index (χ0v) is 11.0. The molecule has 20 heavy (non-hydrogen) atoms. The van der Waals surface area contributed by atoms with Gasteiger partial charge in [0.15, 0.2) is 0 Å². The first kappa shape index (κ1) is 11.3. The van der Waals surface area contributed by atoms with Crippen molar-refractivity contribution in [1.29, 1.82) is 0 Å². The van der Waals surface area contributed by atoms with Crippen LogP contribution in [0.4, 0.5) is 5.82 Å². The van der Waals surface area contributed by atoms with Crippen LogP contribution in [0.25, 0.3) is 22.2 Å². The molecule has 1 fully saturated rings. The number of benzene rings is 1. The lowest BCUT2D eigenvalue weighted by Gasteiger charge is -2.06. The number of para-hydroxylation sites is 1. The molecule has 1 saturated carbocycles. The molecule has 0 atom stereocenters. The molecule has 98 valence electrons. The fraction of sp³-hybridized carbons (Fsp3) is 0.188. The number of anilines is 1. The van der Waals surface area contributed by atoms with E-state index in [1.165, 1.54) is 12.8 Å². The normalized spacial score (nSPS) is 14.4. The summed E-state index contributed by atoms with van der Waals surface area (Å²) in [5.41, 5.74) is 2.84. The number of fused-ring (bicyclic) bond motifs is 1. The highest BCUT2D eigenvalue weighted by molar-refractivity contribution is 5.92. The second-order valence-corrected chi connectivity index (χ2v) is 5.10. The van der Waals surface area contributed by atoms with E-state index < -0.39 is 0 Å². The van der Waals surface area contributed by atoms with Crippen molar-refractivity contribution in [3.63, 3.8) is 0 Å². The summed E-state index contributed by atoms with van der Waals surface area (Å²) in [6.07, 6.45) is 4.27. The van der Waals surface area contributed by atoms with Gasteiger partial charge in [0.1, 0.15) is 5.82 Å². The van der Waals surface area contributed by atoms with Crippen LogP contribution in [-0.4, -0.2) is 21.2 Å². The summed E-state index contributed by atoms with van der Waals surface area (Å²) in [6.45, 7) is 0. The summed E-state index contributed by atoms with van der Waals surface area (Å²) in [7, 11) is 0. The number of pyridine rings is 1. The van der Waals surface area contributed by atoms with E-state index in [-0.39, 0.29) is 0 Å². The Bertz CT molecular complexity index is 743. The Balaban J connectivity index is 1.74. The molecule has 4 rings (SSSR count). The third-order valence-electron chi connectivity index (χ3n) is 3.50. The molecular formula is C16H14N4. The van der Waals surface area contributed by atoms with Crippen molar-refractivity contribution in [2.75, 3.05) is 5.32 Å². The lowest BCUT2D eigenvalue weighted by molar-refractivity contribution is 1.00. The molecule has 4 nitrogen and oxygen atoms in total. The minimum Gasteiger partial charge on any atom is -0.366 e. The second-order valence-electron chi connectivity index (χ2n) is 5.10. The van der Waals surface area contributed by atoms with Gasteiger partial charge in [-0.3, -0.25) is 4.98 Å². The number of nitrogens with one attached hydrogen (secondary N) is 1. The minimum absolute atomic E-state index is 0.592. The lowest BCUT2D eigenvalue weighted by Crippen LogP contribution is -2.04. The van der Waals surface area contributed by atoms with Crippen molar-refractivity contribution in [2.45, 2.75) is 18.9 Å². The van der Waals surface area contributed by atoms with Crippen LogP contribution in [0.3, 0.4) is 0 Å². The summed E-state index contributed by atoms with van der Waals surface area (Å²) in [5, 5.41) is 13.0. The van der Waals surface area contributed by atoms with E-state index in [2.05, 4.69) is 32.6 Å². The molecule has 0 spiro atoms. The van der Waals surface area contributed by atoms with E-state index in [1.54, 1.807) is 0 Å². The van der Waals surface area contributed by atoms with Gasteiger partial charge >= 0.3 is 0 Å². The van der Waals surface area contributed by atoms with Gasteiger partial charge in [-0.25, -0.2) is 0 Å². The Labute approximate surface area is 116 Å². The van der Waals surface area contributed by atoms with Crippen molar-refractivity contribution in [2.24, 2.45) is 0 Å². The van der Waals surface area contributed by atoms with Gasteiger partial charge in [-0.2, -0.15) is 0 Å². The molecular weight excluding hydrogens is 248 g/mol. The Morgan fingerprint density at radius 3 is 2.65 bits per heavy atom. The molecule has 0 unspecified atom stereocenters. The molecule has 2 heterocycles. The summed E-state index contributed by atoms with van der Waals surface area (Å²) in [5.74, 6) is 0.851. The smallest absolute Gasteiger partial charge is 0.148 e. The third kappa shape index (κ3) is 2.09. The summed E-state index contributed by atoms with van der Waals surface area (Å²) >= 11 is 0. The Kier molecular flexibility index (Phi) is 2.59. The second kappa shape index (κ2) is 4.56. The largest absolute Gasteiger partial charge is 0.366 e. The highest BCUT2D eigenvalue weighted by Crippen LogP contribution is 2.27. The number of nitrogens with zero attached hydrogens (tertiary/aromatic N) is 3. The van der Waals surface area contributed by atoms with Crippen molar-refractivity contribution in [3.8, 4) is 11.3 Å². The zero-order chi connectivity index (χ0) is 13.4. The van der Waals surface area contributed by atoms with E-state index in [1.807, 2.05) is 36.5 Å². The van der Waals surface area contributed by atoms with Gasteiger partial charge in [-0.15, -0.1) is 10.2 Å². The quantitative estimate of drug-likeness (QED) is 0.787. The van der Waals surface area contributed by atoms with Crippen molar-refractivity contribution in [1.82, 2.24) is 15.2 Å². The van der Waals surface area contributed by atoms with E-state index in [4.69, 9.17) is 0 Å².